The molecule has 130 valence electrons. The summed E-state index contributed by atoms with van der Waals surface area (Å²) < 4.78 is 10.0. The van der Waals surface area contributed by atoms with E-state index in [0.717, 1.165) is 5.56 Å². The maximum atomic E-state index is 11.7. The average Bonchev–Trinajstić information content (AvgIpc) is 2.60. The van der Waals surface area contributed by atoms with Crippen LogP contribution in [0, 0.1) is 0 Å². The molecule has 0 fully saturated rings. The molecule has 0 aliphatic heterocycles. The molecule has 2 amide bonds. The summed E-state index contributed by atoms with van der Waals surface area (Å²) in [5, 5.41) is 4.92. The Morgan fingerprint density at radius 1 is 0.960 bits per heavy atom. The molecular formula is C18H18N2O5. The van der Waals surface area contributed by atoms with Gasteiger partial charge in [-0.3, -0.25) is 4.79 Å². The molecule has 2 aromatic rings. The van der Waals surface area contributed by atoms with Crippen molar-refractivity contribution in [2.75, 3.05) is 11.9 Å². The maximum Gasteiger partial charge on any atom is 0.407 e. The molecule has 2 rings (SSSR count). The zero-order chi connectivity index (χ0) is 18.1. The number of nitrogens with one attached hydrogen (secondary N) is 2. The number of ether oxygens (including phenoxy) is 2. The van der Waals surface area contributed by atoms with Gasteiger partial charge in [0.1, 0.15) is 18.9 Å². The molecule has 0 aliphatic rings. The summed E-state index contributed by atoms with van der Waals surface area (Å²) in [4.78, 5) is 34.2. The van der Waals surface area contributed by atoms with Crippen LogP contribution in [0.1, 0.15) is 12.5 Å². The van der Waals surface area contributed by atoms with E-state index in [1.165, 1.54) is 19.1 Å². The van der Waals surface area contributed by atoms with Crippen LogP contribution in [0.5, 0.6) is 5.75 Å². The van der Waals surface area contributed by atoms with Crippen molar-refractivity contribution in [1.29, 1.82) is 0 Å². The van der Waals surface area contributed by atoms with Gasteiger partial charge in [0.25, 0.3) is 0 Å². The minimum Gasteiger partial charge on any atom is -0.445 e. The van der Waals surface area contributed by atoms with E-state index in [2.05, 4.69) is 10.6 Å². The number of anilines is 1. The van der Waals surface area contributed by atoms with Crippen LogP contribution >= 0.6 is 0 Å². The third-order valence-corrected chi connectivity index (χ3v) is 3.00. The summed E-state index contributed by atoms with van der Waals surface area (Å²) in [5.41, 5.74) is 1.44. The number of hydrogen-bond donors (Lipinski definition) is 2. The third kappa shape index (κ3) is 6.74. The quantitative estimate of drug-likeness (QED) is 0.621. The Bertz CT molecular complexity index is 729. The van der Waals surface area contributed by atoms with Crippen molar-refractivity contribution in [3.8, 4) is 5.75 Å². The van der Waals surface area contributed by atoms with Gasteiger partial charge in [-0.15, -0.1) is 0 Å². The standard InChI is InChI=1S/C18H18N2O5/c1-13(21)20-15-7-9-16(10-8-15)25-17(22)11-19-18(23)24-12-14-5-3-2-4-6-14/h2-10H,11-12H2,1H3,(H,19,23)(H,20,21). The second kappa shape index (κ2) is 9.07. The fourth-order valence-electron chi connectivity index (χ4n) is 1.90. The minimum absolute atomic E-state index is 0.117. The van der Waals surface area contributed by atoms with E-state index < -0.39 is 12.1 Å². The Hall–Kier alpha value is -3.35. The fourth-order valence-corrected chi connectivity index (χ4v) is 1.90. The zero-order valence-corrected chi connectivity index (χ0v) is 13.7. The van der Waals surface area contributed by atoms with Crippen LogP contribution in [0.4, 0.5) is 10.5 Å². The van der Waals surface area contributed by atoms with Crippen molar-refractivity contribution in [1.82, 2.24) is 5.32 Å². The first-order valence-corrected chi connectivity index (χ1v) is 7.56. The monoisotopic (exact) mass is 342 g/mol. The maximum absolute atomic E-state index is 11.7. The molecule has 0 heterocycles. The Balaban J connectivity index is 1.71. The van der Waals surface area contributed by atoms with Crippen LogP contribution in [0.25, 0.3) is 0 Å². The lowest BCUT2D eigenvalue weighted by atomic mass is 10.2. The molecule has 0 saturated heterocycles. The lowest BCUT2D eigenvalue weighted by Gasteiger charge is -2.08. The average molecular weight is 342 g/mol. The molecule has 0 unspecified atom stereocenters. The van der Waals surface area contributed by atoms with E-state index in [1.54, 1.807) is 12.1 Å². The molecule has 2 N–H and O–H groups in total. The first kappa shape index (κ1) is 18.0. The predicted octanol–water partition coefficient (Wildman–Crippen LogP) is 2.48. The number of amides is 2. The van der Waals surface area contributed by atoms with Crippen LogP contribution in [-0.4, -0.2) is 24.5 Å². The zero-order valence-electron chi connectivity index (χ0n) is 13.7. The summed E-state index contributed by atoms with van der Waals surface area (Å²) in [5.74, 6) is -0.523. The fraction of sp³-hybridized carbons (Fsp3) is 0.167. The van der Waals surface area contributed by atoms with Gasteiger partial charge >= 0.3 is 12.1 Å². The number of carbonyl (C=O) groups excluding carboxylic acids is 3. The Kier molecular flexibility index (Phi) is 6.53. The smallest absolute Gasteiger partial charge is 0.407 e. The molecule has 7 heteroatoms. The first-order chi connectivity index (χ1) is 12.0. The second-order valence-corrected chi connectivity index (χ2v) is 5.09. The number of carbonyl (C=O) groups is 3. The van der Waals surface area contributed by atoms with E-state index in [1.807, 2.05) is 30.3 Å². The molecule has 0 atom stereocenters. The van der Waals surface area contributed by atoms with Crippen molar-refractivity contribution in [2.45, 2.75) is 13.5 Å². The van der Waals surface area contributed by atoms with Gasteiger partial charge in [0.2, 0.25) is 5.91 Å². The summed E-state index contributed by atoms with van der Waals surface area (Å²) >= 11 is 0. The third-order valence-electron chi connectivity index (χ3n) is 3.00. The molecule has 0 saturated carbocycles. The van der Waals surface area contributed by atoms with Gasteiger partial charge in [-0.05, 0) is 29.8 Å². The van der Waals surface area contributed by atoms with E-state index in [9.17, 15) is 14.4 Å². The second-order valence-electron chi connectivity index (χ2n) is 5.09. The van der Waals surface area contributed by atoms with Crippen LogP contribution < -0.4 is 15.4 Å². The van der Waals surface area contributed by atoms with Crippen molar-refractivity contribution in [3.63, 3.8) is 0 Å². The summed E-state index contributed by atoms with van der Waals surface area (Å²) in [6, 6.07) is 15.5. The highest BCUT2D eigenvalue weighted by atomic mass is 16.6. The normalized spacial score (nSPS) is 9.80. The largest absolute Gasteiger partial charge is 0.445 e. The molecule has 0 radical (unpaired) electrons. The van der Waals surface area contributed by atoms with Gasteiger partial charge in [-0.1, -0.05) is 30.3 Å². The first-order valence-electron chi connectivity index (χ1n) is 7.56. The number of benzene rings is 2. The highest BCUT2D eigenvalue weighted by Crippen LogP contribution is 2.15. The number of esters is 1. The van der Waals surface area contributed by atoms with Gasteiger partial charge in [-0.25, -0.2) is 9.59 Å². The Labute approximate surface area is 144 Å². The lowest BCUT2D eigenvalue weighted by Crippen LogP contribution is -2.32. The van der Waals surface area contributed by atoms with Crippen LogP contribution in [0.2, 0.25) is 0 Å². The number of hydrogen-bond acceptors (Lipinski definition) is 5. The van der Waals surface area contributed by atoms with E-state index in [-0.39, 0.29) is 19.1 Å². The van der Waals surface area contributed by atoms with Crippen LogP contribution in [0.15, 0.2) is 54.6 Å². The predicted molar refractivity (Wildman–Crippen MR) is 91.0 cm³/mol. The molecule has 0 aromatic heterocycles. The van der Waals surface area contributed by atoms with Gasteiger partial charge in [-0.2, -0.15) is 0 Å². The molecule has 25 heavy (non-hydrogen) atoms. The minimum atomic E-state index is -0.707. The number of alkyl carbamates (subject to hydrolysis) is 1. The molecule has 2 aromatic carbocycles. The molecular weight excluding hydrogens is 324 g/mol. The van der Waals surface area contributed by atoms with E-state index in [4.69, 9.17) is 9.47 Å². The van der Waals surface area contributed by atoms with Gasteiger partial charge in [0.15, 0.2) is 0 Å². The summed E-state index contributed by atoms with van der Waals surface area (Å²) in [7, 11) is 0. The molecule has 7 nitrogen and oxygen atoms in total. The van der Waals surface area contributed by atoms with E-state index in [0.29, 0.717) is 11.4 Å². The Morgan fingerprint density at radius 2 is 1.64 bits per heavy atom. The summed E-state index contributed by atoms with van der Waals surface area (Å²) in [6.45, 7) is 1.20. The van der Waals surface area contributed by atoms with E-state index >= 15 is 0 Å². The van der Waals surface area contributed by atoms with Crippen molar-refractivity contribution in [3.05, 3.63) is 60.2 Å². The van der Waals surface area contributed by atoms with Crippen molar-refractivity contribution >= 4 is 23.7 Å². The Morgan fingerprint density at radius 3 is 2.28 bits per heavy atom. The highest BCUT2D eigenvalue weighted by Gasteiger charge is 2.09. The van der Waals surface area contributed by atoms with Gasteiger partial charge < -0.3 is 20.1 Å². The SMILES string of the molecule is CC(=O)Nc1ccc(OC(=O)CNC(=O)OCc2ccccc2)cc1. The molecule has 0 aliphatic carbocycles. The number of rotatable bonds is 6. The van der Waals surface area contributed by atoms with Crippen LogP contribution in [-0.2, 0) is 20.9 Å². The van der Waals surface area contributed by atoms with Crippen molar-refractivity contribution < 1.29 is 23.9 Å². The topological polar surface area (TPSA) is 93.7 Å². The summed E-state index contributed by atoms with van der Waals surface area (Å²) in [6.07, 6.45) is -0.707. The van der Waals surface area contributed by atoms with Crippen molar-refractivity contribution in [2.24, 2.45) is 0 Å². The van der Waals surface area contributed by atoms with Gasteiger partial charge in [0, 0.05) is 12.6 Å². The highest BCUT2D eigenvalue weighted by molar-refractivity contribution is 5.88. The van der Waals surface area contributed by atoms with Crippen LogP contribution in [0.3, 0.4) is 0 Å². The molecule has 0 spiro atoms. The molecule has 0 bridgehead atoms. The lowest BCUT2D eigenvalue weighted by molar-refractivity contribution is -0.133. The van der Waals surface area contributed by atoms with Gasteiger partial charge in [0.05, 0.1) is 0 Å².